The number of amides is 1. The first-order valence-corrected chi connectivity index (χ1v) is 10.4. The summed E-state index contributed by atoms with van der Waals surface area (Å²) in [7, 11) is -3.11. The topological polar surface area (TPSA) is 92.3 Å². The van der Waals surface area contributed by atoms with Gasteiger partial charge in [0.1, 0.15) is 15.7 Å². The highest BCUT2D eigenvalue weighted by atomic mass is 32.2. The van der Waals surface area contributed by atoms with Crippen molar-refractivity contribution in [2.24, 2.45) is 11.8 Å². The number of hydrogen-bond donors (Lipinski definition) is 1. The molecule has 0 bridgehead atoms. The van der Waals surface area contributed by atoms with E-state index < -0.39 is 9.84 Å². The van der Waals surface area contributed by atoms with Crippen molar-refractivity contribution in [1.82, 2.24) is 20.2 Å². The Bertz CT molecular complexity index is 676. The first kappa shape index (κ1) is 17.3. The van der Waals surface area contributed by atoms with Crippen molar-refractivity contribution in [3.63, 3.8) is 0 Å². The van der Waals surface area contributed by atoms with E-state index in [1.54, 1.807) is 18.5 Å². The van der Waals surface area contributed by atoms with Gasteiger partial charge in [-0.3, -0.25) is 9.69 Å². The molecule has 0 unspecified atom stereocenters. The van der Waals surface area contributed by atoms with Gasteiger partial charge in [-0.1, -0.05) is 0 Å². The Morgan fingerprint density at radius 1 is 1.29 bits per heavy atom. The summed E-state index contributed by atoms with van der Waals surface area (Å²) in [5.74, 6) is 1.63. The lowest BCUT2D eigenvalue weighted by molar-refractivity contribution is -0.121. The summed E-state index contributed by atoms with van der Waals surface area (Å²) in [6.45, 7) is 2.38. The van der Waals surface area contributed by atoms with Gasteiger partial charge in [0.15, 0.2) is 0 Å². The lowest BCUT2D eigenvalue weighted by Gasteiger charge is -2.19. The molecule has 1 aromatic heterocycles. The molecule has 1 aromatic rings. The first-order valence-electron chi connectivity index (χ1n) is 8.36. The summed E-state index contributed by atoms with van der Waals surface area (Å²) >= 11 is 0. The monoisotopic (exact) mass is 352 g/mol. The maximum Gasteiger partial charge on any atom is 0.221 e. The maximum absolute atomic E-state index is 12.1. The van der Waals surface area contributed by atoms with E-state index in [1.165, 1.54) is 12.8 Å². The average molecular weight is 352 g/mol. The van der Waals surface area contributed by atoms with Gasteiger partial charge in [0.25, 0.3) is 0 Å². The predicted molar refractivity (Wildman–Crippen MR) is 89.8 cm³/mol. The molecule has 2 fully saturated rings. The van der Waals surface area contributed by atoms with E-state index >= 15 is 0 Å². The van der Waals surface area contributed by atoms with Crippen molar-refractivity contribution in [3.8, 4) is 0 Å². The lowest BCUT2D eigenvalue weighted by atomic mass is 9.98. The Labute approximate surface area is 142 Å². The number of rotatable bonds is 7. The molecule has 3 rings (SSSR count). The predicted octanol–water partition coefficient (Wildman–Crippen LogP) is 0.238. The molecule has 1 aliphatic carbocycles. The lowest BCUT2D eigenvalue weighted by Crippen LogP contribution is -2.41. The molecule has 1 saturated heterocycles. The molecule has 2 atom stereocenters. The van der Waals surface area contributed by atoms with Gasteiger partial charge in [-0.2, -0.15) is 0 Å². The molecule has 132 valence electrons. The standard InChI is InChI=1S/C16H24N4O3S/c1-24(22,23)8-5-16(21)19-14-10-20(9-13(14)12-3-4-12)11-15-17-6-2-7-18-15/h2,6-7,12-14H,3-5,8-11H2,1H3,(H,19,21)/t13-,14+/m0/s1. The van der Waals surface area contributed by atoms with Crippen molar-refractivity contribution < 1.29 is 13.2 Å². The van der Waals surface area contributed by atoms with Crippen LogP contribution in [0.25, 0.3) is 0 Å². The molecule has 0 spiro atoms. The third-order valence-corrected chi connectivity index (χ3v) is 5.64. The zero-order valence-electron chi connectivity index (χ0n) is 13.9. The second-order valence-corrected chi connectivity index (χ2v) is 9.17. The van der Waals surface area contributed by atoms with E-state index in [-0.39, 0.29) is 24.1 Å². The number of nitrogens with one attached hydrogen (secondary N) is 1. The summed E-state index contributed by atoms with van der Waals surface area (Å²) < 4.78 is 22.4. The van der Waals surface area contributed by atoms with E-state index in [0.717, 1.165) is 25.2 Å². The quantitative estimate of drug-likeness (QED) is 0.756. The van der Waals surface area contributed by atoms with Crippen molar-refractivity contribution >= 4 is 15.7 Å². The summed E-state index contributed by atoms with van der Waals surface area (Å²) in [5.41, 5.74) is 0. The van der Waals surface area contributed by atoms with Gasteiger partial charge >= 0.3 is 0 Å². The zero-order chi connectivity index (χ0) is 17.2. The highest BCUT2D eigenvalue weighted by Gasteiger charge is 2.43. The highest BCUT2D eigenvalue weighted by Crippen LogP contribution is 2.41. The normalized spacial score (nSPS) is 24.9. The van der Waals surface area contributed by atoms with E-state index in [2.05, 4.69) is 20.2 Å². The summed E-state index contributed by atoms with van der Waals surface area (Å²) in [5, 5.41) is 3.05. The van der Waals surface area contributed by atoms with Crippen LogP contribution in [0.1, 0.15) is 25.1 Å². The van der Waals surface area contributed by atoms with Gasteiger partial charge < -0.3 is 5.32 Å². The summed E-state index contributed by atoms with van der Waals surface area (Å²) in [4.78, 5) is 22.9. The number of carbonyl (C=O) groups is 1. The Hall–Kier alpha value is -1.54. The van der Waals surface area contributed by atoms with Crippen LogP contribution >= 0.6 is 0 Å². The third kappa shape index (κ3) is 4.98. The minimum absolute atomic E-state index is 0.0362. The van der Waals surface area contributed by atoms with Crippen molar-refractivity contribution in [1.29, 1.82) is 0 Å². The van der Waals surface area contributed by atoms with Crippen LogP contribution in [0.3, 0.4) is 0 Å². The van der Waals surface area contributed by atoms with Crippen LogP contribution in [0.5, 0.6) is 0 Å². The minimum Gasteiger partial charge on any atom is -0.352 e. The smallest absolute Gasteiger partial charge is 0.221 e. The van der Waals surface area contributed by atoms with E-state index in [9.17, 15) is 13.2 Å². The third-order valence-electron chi connectivity index (χ3n) is 4.70. The molecule has 8 heteroatoms. The fourth-order valence-corrected chi connectivity index (χ4v) is 3.92. The van der Waals surface area contributed by atoms with E-state index in [0.29, 0.717) is 18.4 Å². The maximum atomic E-state index is 12.1. The van der Waals surface area contributed by atoms with Crippen molar-refractivity contribution in [2.75, 3.05) is 25.1 Å². The van der Waals surface area contributed by atoms with Crippen molar-refractivity contribution in [3.05, 3.63) is 24.3 Å². The molecule has 1 saturated carbocycles. The van der Waals surface area contributed by atoms with Gasteiger partial charge in [0.2, 0.25) is 5.91 Å². The van der Waals surface area contributed by atoms with Gasteiger partial charge in [-0.25, -0.2) is 18.4 Å². The number of hydrogen-bond acceptors (Lipinski definition) is 6. The number of sulfone groups is 1. The number of nitrogens with zero attached hydrogens (tertiary/aromatic N) is 3. The largest absolute Gasteiger partial charge is 0.352 e. The SMILES string of the molecule is CS(=O)(=O)CCC(=O)N[C@@H]1CN(Cc2ncccn2)C[C@H]1C1CC1. The van der Waals surface area contributed by atoms with Gasteiger partial charge in [-0.15, -0.1) is 0 Å². The minimum atomic E-state index is -3.11. The fourth-order valence-electron chi connectivity index (χ4n) is 3.37. The zero-order valence-corrected chi connectivity index (χ0v) is 14.7. The van der Waals surface area contributed by atoms with Crippen LogP contribution in [0.15, 0.2) is 18.5 Å². The molecule has 0 radical (unpaired) electrons. The second kappa shape index (κ2) is 7.14. The number of aromatic nitrogens is 2. The van der Waals surface area contributed by atoms with Crippen LogP contribution < -0.4 is 5.32 Å². The van der Waals surface area contributed by atoms with Crippen LogP contribution in [0.2, 0.25) is 0 Å². The molecule has 0 aromatic carbocycles. The first-order chi connectivity index (χ1) is 11.4. The second-order valence-electron chi connectivity index (χ2n) is 6.91. The molecule has 1 amide bonds. The van der Waals surface area contributed by atoms with Crippen LogP contribution in [-0.2, 0) is 21.2 Å². The summed E-state index contributed by atoms with van der Waals surface area (Å²) in [6, 6.07) is 1.89. The Balaban J connectivity index is 1.56. The summed E-state index contributed by atoms with van der Waals surface area (Å²) in [6.07, 6.45) is 7.10. The molecule has 1 aliphatic heterocycles. The highest BCUT2D eigenvalue weighted by molar-refractivity contribution is 7.90. The number of carbonyl (C=O) groups excluding carboxylic acids is 1. The molecular weight excluding hydrogens is 328 g/mol. The Morgan fingerprint density at radius 2 is 2.00 bits per heavy atom. The van der Waals surface area contributed by atoms with Gasteiger partial charge in [-0.05, 0) is 30.7 Å². The van der Waals surface area contributed by atoms with Crippen LogP contribution in [0.4, 0.5) is 0 Å². The molecule has 2 heterocycles. The van der Waals surface area contributed by atoms with E-state index in [1.807, 2.05) is 0 Å². The van der Waals surface area contributed by atoms with Gasteiger partial charge in [0, 0.05) is 44.2 Å². The average Bonchev–Trinajstić information content (AvgIpc) is 3.29. The van der Waals surface area contributed by atoms with Crippen molar-refractivity contribution in [2.45, 2.75) is 31.8 Å². The fraction of sp³-hybridized carbons (Fsp3) is 0.688. The van der Waals surface area contributed by atoms with Gasteiger partial charge in [0.05, 0.1) is 12.3 Å². The Kier molecular flexibility index (Phi) is 5.15. The number of likely N-dealkylation sites (tertiary alicyclic amines) is 1. The molecule has 7 nitrogen and oxygen atoms in total. The Morgan fingerprint density at radius 3 is 2.62 bits per heavy atom. The molecular formula is C16H24N4O3S. The van der Waals surface area contributed by atoms with Crippen LogP contribution in [0, 0.1) is 11.8 Å². The molecule has 24 heavy (non-hydrogen) atoms. The van der Waals surface area contributed by atoms with Crippen LogP contribution in [-0.4, -0.2) is 60.3 Å². The molecule has 2 aliphatic rings. The molecule has 1 N–H and O–H groups in total. The van der Waals surface area contributed by atoms with E-state index in [4.69, 9.17) is 0 Å².